The SMILES string of the molecule is CC(C)CCBr.CC(C)CCON1C(=O)c2ccccc2C1=O.O=C1c2ccccc2C(=O)N1O. The highest BCUT2D eigenvalue weighted by Gasteiger charge is 2.36. The van der Waals surface area contributed by atoms with Gasteiger partial charge in [0.15, 0.2) is 0 Å². The molecule has 0 unspecified atom stereocenters. The molecule has 0 saturated carbocycles. The zero-order valence-electron chi connectivity index (χ0n) is 20.4. The third-order valence-corrected chi connectivity index (χ3v) is 5.59. The van der Waals surface area contributed by atoms with Crippen LogP contribution in [0.25, 0.3) is 0 Å². The van der Waals surface area contributed by atoms with Crippen molar-refractivity contribution in [1.29, 1.82) is 0 Å². The number of nitrogens with zero attached hydrogens (tertiary/aromatic N) is 2. The van der Waals surface area contributed by atoms with Crippen molar-refractivity contribution in [2.24, 2.45) is 11.8 Å². The van der Waals surface area contributed by atoms with Crippen molar-refractivity contribution in [1.82, 2.24) is 10.1 Å². The number of hydroxylamine groups is 4. The number of hydrogen-bond donors (Lipinski definition) is 1. The average molecular weight is 547 g/mol. The fraction of sp³-hybridized carbons (Fsp3) is 0.385. The zero-order valence-corrected chi connectivity index (χ0v) is 21.9. The third kappa shape index (κ3) is 7.30. The lowest BCUT2D eigenvalue weighted by atomic mass is 10.1. The number of imide groups is 2. The van der Waals surface area contributed by atoms with Crippen LogP contribution in [0.15, 0.2) is 48.5 Å². The summed E-state index contributed by atoms with van der Waals surface area (Å²) in [5.74, 6) is -0.718. The van der Waals surface area contributed by atoms with E-state index in [2.05, 4.69) is 43.6 Å². The summed E-state index contributed by atoms with van der Waals surface area (Å²) in [5, 5.41) is 11.1. The van der Waals surface area contributed by atoms with E-state index < -0.39 is 11.8 Å². The van der Waals surface area contributed by atoms with Crippen molar-refractivity contribution in [3.05, 3.63) is 70.8 Å². The first-order chi connectivity index (χ1) is 16.6. The van der Waals surface area contributed by atoms with Gasteiger partial charge >= 0.3 is 0 Å². The van der Waals surface area contributed by atoms with Crippen LogP contribution < -0.4 is 0 Å². The Bertz CT molecular complexity index is 999. The molecule has 0 spiro atoms. The molecule has 0 saturated heterocycles. The van der Waals surface area contributed by atoms with Crippen LogP contribution in [0.5, 0.6) is 0 Å². The number of benzene rings is 2. The maximum Gasteiger partial charge on any atom is 0.285 e. The Morgan fingerprint density at radius 1 is 0.714 bits per heavy atom. The van der Waals surface area contributed by atoms with Crippen LogP contribution in [0.1, 0.15) is 82.0 Å². The molecular weight excluding hydrogens is 516 g/mol. The summed E-state index contributed by atoms with van der Waals surface area (Å²) in [5.41, 5.74) is 1.35. The summed E-state index contributed by atoms with van der Waals surface area (Å²) in [7, 11) is 0. The Labute approximate surface area is 213 Å². The first-order valence-electron chi connectivity index (χ1n) is 11.4. The maximum atomic E-state index is 11.9. The molecule has 2 heterocycles. The minimum atomic E-state index is -0.657. The van der Waals surface area contributed by atoms with Gasteiger partial charge in [0, 0.05) is 5.33 Å². The molecule has 0 bridgehead atoms. The first-order valence-corrected chi connectivity index (χ1v) is 12.6. The second-order valence-corrected chi connectivity index (χ2v) is 9.60. The van der Waals surface area contributed by atoms with Gasteiger partial charge in [-0.3, -0.25) is 29.2 Å². The van der Waals surface area contributed by atoms with E-state index in [4.69, 9.17) is 10.0 Å². The smallest absolute Gasteiger partial charge is 0.278 e. The van der Waals surface area contributed by atoms with Gasteiger partial charge in [-0.15, -0.1) is 10.1 Å². The Morgan fingerprint density at radius 2 is 1.09 bits per heavy atom. The highest BCUT2D eigenvalue weighted by molar-refractivity contribution is 9.09. The van der Waals surface area contributed by atoms with Crippen LogP contribution in [-0.4, -0.2) is 50.9 Å². The van der Waals surface area contributed by atoms with Crippen LogP contribution in [-0.2, 0) is 4.84 Å². The summed E-state index contributed by atoms with van der Waals surface area (Å²) in [6, 6.07) is 13.1. The van der Waals surface area contributed by atoms with Gasteiger partial charge in [-0.1, -0.05) is 67.9 Å². The lowest BCUT2D eigenvalue weighted by Gasteiger charge is -2.13. The van der Waals surface area contributed by atoms with Gasteiger partial charge in [-0.25, -0.2) is 0 Å². The van der Waals surface area contributed by atoms with Crippen molar-refractivity contribution in [2.75, 3.05) is 11.9 Å². The molecular formula is C26H31BrN2O6. The normalized spacial score (nSPS) is 14.1. The molecule has 188 valence electrons. The Hall–Kier alpha value is -2.88. The van der Waals surface area contributed by atoms with Crippen LogP contribution in [0.2, 0.25) is 0 Å². The number of amides is 4. The van der Waals surface area contributed by atoms with Gasteiger partial charge in [0.2, 0.25) is 0 Å². The molecule has 0 atom stereocenters. The van der Waals surface area contributed by atoms with E-state index in [1.54, 1.807) is 36.4 Å². The van der Waals surface area contributed by atoms with E-state index in [0.29, 0.717) is 23.7 Å². The molecule has 35 heavy (non-hydrogen) atoms. The van der Waals surface area contributed by atoms with Gasteiger partial charge in [-0.2, -0.15) is 0 Å². The average Bonchev–Trinajstić information content (AvgIpc) is 3.20. The van der Waals surface area contributed by atoms with Crippen LogP contribution in [0.4, 0.5) is 0 Å². The zero-order chi connectivity index (χ0) is 26.1. The van der Waals surface area contributed by atoms with Gasteiger partial charge in [0.25, 0.3) is 23.6 Å². The monoisotopic (exact) mass is 546 g/mol. The lowest BCUT2D eigenvalue weighted by molar-refractivity contribution is -0.0939. The Morgan fingerprint density at radius 3 is 1.40 bits per heavy atom. The molecule has 4 amide bonds. The van der Waals surface area contributed by atoms with Gasteiger partial charge in [0.05, 0.1) is 28.9 Å². The minimum absolute atomic E-state index is 0.130. The van der Waals surface area contributed by atoms with Crippen molar-refractivity contribution in [3.8, 4) is 0 Å². The second kappa shape index (κ2) is 13.3. The molecule has 2 aliphatic heterocycles. The van der Waals surface area contributed by atoms with Crippen LogP contribution in [0.3, 0.4) is 0 Å². The summed E-state index contributed by atoms with van der Waals surface area (Å²) in [6.07, 6.45) is 2.10. The quantitative estimate of drug-likeness (QED) is 0.297. The minimum Gasteiger partial charge on any atom is -0.278 e. The third-order valence-electron chi connectivity index (χ3n) is 5.13. The number of fused-ring (bicyclic) bond motifs is 2. The molecule has 1 N–H and O–H groups in total. The van der Waals surface area contributed by atoms with Gasteiger partial charge < -0.3 is 0 Å². The molecule has 0 aromatic heterocycles. The highest BCUT2D eigenvalue weighted by atomic mass is 79.9. The molecule has 0 fully saturated rings. The topological polar surface area (TPSA) is 104 Å². The van der Waals surface area contributed by atoms with Gasteiger partial charge in [-0.05, 0) is 48.9 Å². The van der Waals surface area contributed by atoms with Crippen molar-refractivity contribution in [2.45, 2.75) is 40.5 Å². The van der Waals surface area contributed by atoms with E-state index in [0.717, 1.165) is 22.7 Å². The first kappa shape index (κ1) is 28.4. The lowest BCUT2D eigenvalue weighted by Crippen LogP contribution is -2.30. The van der Waals surface area contributed by atoms with Crippen molar-refractivity contribution >= 4 is 39.6 Å². The maximum absolute atomic E-state index is 11.9. The van der Waals surface area contributed by atoms with E-state index in [1.807, 2.05) is 0 Å². The molecule has 9 heteroatoms. The number of hydrogen-bond acceptors (Lipinski definition) is 6. The van der Waals surface area contributed by atoms with Crippen LogP contribution >= 0.6 is 15.9 Å². The van der Waals surface area contributed by atoms with E-state index in [1.165, 1.54) is 18.6 Å². The molecule has 2 aromatic carbocycles. The van der Waals surface area contributed by atoms with Gasteiger partial charge in [0.1, 0.15) is 0 Å². The summed E-state index contributed by atoms with van der Waals surface area (Å²) in [6.45, 7) is 8.95. The van der Waals surface area contributed by atoms with E-state index in [-0.39, 0.29) is 28.0 Å². The van der Waals surface area contributed by atoms with Crippen molar-refractivity contribution in [3.63, 3.8) is 0 Å². The number of alkyl halides is 1. The molecule has 0 radical (unpaired) electrons. The second-order valence-electron chi connectivity index (χ2n) is 8.81. The summed E-state index contributed by atoms with van der Waals surface area (Å²) < 4.78 is 0. The molecule has 2 aromatic rings. The number of halogens is 1. The number of rotatable bonds is 6. The van der Waals surface area contributed by atoms with Crippen molar-refractivity contribution < 1.29 is 29.2 Å². The summed E-state index contributed by atoms with van der Waals surface area (Å²) in [4.78, 5) is 51.1. The van der Waals surface area contributed by atoms with E-state index >= 15 is 0 Å². The summed E-state index contributed by atoms with van der Waals surface area (Å²) >= 11 is 3.35. The largest absolute Gasteiger partial charge is 0.285 e. The number of carbonyl (C=O) groups excluding carboxylic acids is 4. The fourth-order valence-corrected chi connectivity index (χ4v) is 3.97. The molecule has 2 aliphatic rings. The molecule has 4 rings (SSSR count). The number of carbonyl (C=O) groups is 4. The fourth-order valence-electron chi connectivity index (χ4n) is 3.06. The predicted molar refractivity (Wildman–Crippen MR) is 134 cm³/mol. The highest BCUT2D eigenvalue weighted by Crippen LogP contribution is 2.23. The predicted octanol–water partition coefficient (Wildman–Crippen LogP) is 5.36. The Balaban J connectivity index is 0.000000209. The Kier molecular flexibility index (Phi) is 10.8. The standard InChI is InChI=1S/C13H15NO3.C8H5NO3.C5H11Br/c1-9(2)7-8-17-14-12(15)10-5-3-4-6-11(10)13(14)16;10-7-5-3-1-2-4-6(5)8(11)9(7)12;1-5(2)3-4-6/h3-6,9H,7-8H2,1-2H3;1-4,12H;5H,3-4H2,1-2H3. The molecule has 8 nitrogen and oxygen atoms in total. The van der Waals surface area contributed by atoms with Crippen LogP contribution in [0, 0.1) is 11.8 Å². The molecule has 0 aliphatic carbocycles. The van der Waals surface area contributed by atoms with E-state index in [9.17, 15) is 19.2 Å².